The highest BCUT2D eigenvalue weighted by Crippen LogP contribution is 2.26. The van der Waals surface area contributed by atoms with E-state index in [-0.39, 0.29) is 6.04 Å². The molecular weight excluding hydrogens is 242 g/mol. The fourth-order valence-electron chi connectivity index (χ4n) is 2.58. The summed E-state index contributed by atoms with van der Waals surface area (Å²) in [5, 5.41) is 3.96. The van der Waals surface area contributed by atoms with Crippen molar-refractivity contribution >= 4 is 0 Å². The third-order valence-electron chi connectivity index (χ3n) is 3.68. The molecule has 2 heterocycles. The molecule has 2 aromatic rings. The first-order chi connectivity index (χ1) is 9.33. The monoisotopic (exact) mass is 259 g/mol. The zero-order valence-corrected chi connectivity index (χ0v) is 10.7. The molecule has 2 unspecified atom stereocenters. The second kappa shape index (κ2) is 5.44. The van der Waals surface area contributed by atoms with Crippen LogP contribution in [0.4, 0.5) is 0 Å². The average molecular weight is 259 g/mol. The second-order valence-electron chi connectivity index (χ2n) is 5.02. The van der Waals surface area contributed by atoms with Crippen molar-refractivity contribution in [1.29, 1.82) is 0 Å². The average Bonchev–Trinajstić information content (AvgIpc) is 2.91. The lowest BCUT2D eigenvalue weighted by Crippen LogP contribution is -2.34. The maximum absolute atomic E-state index is 6.13. The summed E-state index contributed by atoms with van der Waals surface area (Å²) in [6, 6.07) is 2.02. The van der Waals surface area contributed by atoms with Gasteiger partial charge in [-0.2, -0.15) is 4.98 Å². The van der Waals surface area contributed by atoms with Crippen LogP contribution >= 0.6 is 0 Å². The lowest BCUT2D eigenvalue weighted by molar-refractivity contribution is 0.273. The number of rotatable bonds is 3. The third-order valence-corrected chi connectivity index (χ3v) is 3.68. The number of aromatic nitrogens is 4. The molecule has 0 aromatic carbocycles. The molecule has 2 N–H and O–H groups in total. The SMILES string of the molecule is NC1CCCCC1Cc1nc(-c2ccncn2)no1. The second-order valence-corrected chi connectivity index (χ2v) is 5.02. The van der Waals surface area contributed by atoms with Crippen LogP contribution in [0, 0.1) is 5.92 Å². The Hall–Kier alpha value is -1.82. The Morgan fingerprint density at radius 2 is 2.21 bits per heavy atom. The Balaban J connectivity index is 1.71. The molecule has 1 aliphatic rings. The minimum absolute atomic E-state index is 0.253. The van der Waals surface area contributed by atoms with E-state index in [1.807, 2.05) is 0 Å². The molecule has 2 atom stereocenters. The summed E-state index contributed by atoms with van der Waals surface area (Å²) in [5.41, 5.74) is 6.81. The number of nitrogens with zero attached hydrogens (tertiary/aromatic N) is 4. The van der Waals surface area contributed by atoms with Crippen molar-refractivity contribution in [3.63, 3.8) is 0 Å². The first-order valence-electron chi connectivity index (χ1n) is 6.67. The van der Waals surface area contributed by atoms with Crippen molar-refractivity contribution in [1.82, 2.24) is 20.1 Å². The highest BCUT2D eigenvalue weighted by atomic mass is 16.5. The van der Waals surface area contributed by atoms with Gasteiger partial charge in [-0.1, -0.05) is 18.0 Å². The van der Waals surface area contributed by atoms with Crippen LogP contribution in [0.15, 0.2) is 23.1 Å². The third kappa shape index (κ3) is 2.78. The van der Waals surface area contributed by atoms with Crippen LogP contribution in [0.25, 0.3) is 11.5 Å². The molecule has 19 heavy (non-hydrogen) atoms. The molecule has 0 aliphatic heterocycles. The van der Waals surface area contributed by atoms with Crippen molar-refractivity contribution in [3.8, 4) is 11.5 Å². The summed E-state index contributed by atoms with van der Waals surface area (Å²) in [7, 11) is 0. The standard InChI is InChI=1S/C13H17N5O/c14-10-4-2-1-3-9(10)7-12-17-13(18-19-12)11-5-6-15-8-16-11/h5-6,8-10H,1-4,7,14H2. The quantitative estimate of drug-likeness (QED) is 0.900. The van der Waals surface area contributed by atoms with Crippen molar-refractivity contribution < 1.29 is 4.52 Å². The molecule has 0 saturated heterocycles. The van der Waals surface area contributed by atoms with E-state index in [1.54, 1.807) is 12.3 Å². The predicted molar refractivity (Wildman–Crippen MR) is 69.0 cm³/mol. The van der Waals surface area contributed by atoms with Crippen molar-refractivity contribution in [3.05, 3.63) is 24.5 Å². The van der Waals surface area contributed by atoms with Crippen LogP contribution in [0.1, 0.15) is 31.6 Å². The Morgan fingerprint density at radius 1 is 1.32 bits per heavy atom. The van der Waals surface area contributed by atoms with Gasteiger partial charge in [0.2, 0.25) is 11.7 Å². The van der Waals surface area contributed by atoms with E-state index in [2.05, 4.69) is 20.1 Å². The minimum atomic E-state index is 0.253. The molecule has 6 nitrogen and oxygen atoms in total. The van der Waals surface area contributed by atoms with E-state index in [9.17, 15) is 0 Å². The fourth-order valence-corrected chi connectivity index (χ4v) is 2.58. The summed E-state index contributed by atoms with van der Waals surface area (Å²) in [6.07, 6.45) is 8.61. The molecule has 3 rings (SSSR count). The van der Waals surface area contributed by atoms with E-state index in [1.165, 1.54) is 19.2 Å². The number of hydrogen-bond acceptors (Lipinski definition) is 6. The van der Waals surface area contributed by atoms with Crippen molar-refractivity contribution in [2.24, 2.45) is 11.7 Å². The van der Waals surface area contributed by atoms with Crippen LogP contribution in [0.3, 0.4) is 0 Å². The smallest absolute Gasteiger partial charge is 0.227 e. The lowest BCUT2D eigenvalue weighted by atomic mass is 9.83. The normalized spacial score (nSPS) is 23.4. The summed E-state index contributed by atoms with van der Waals surface area (Å²) in [5.74, 6) is 1.62. The Kier molecular flexibility index (Phi) is 3.50. The maximum atomic E-state index is 6.13. The van der Waals surface area contributed by atoms with E-state index in [0.717, 1.165) is 19.3 Å². The van der Waals surface area contributed by atoms with E-state index in [0.29, 0.717) is 23.3 Å². The van der Waals surface area contributed by atoms with Crippen molar-refractivity contribution in [2.45, 2.75) is 38.1 Å². The van der Waals surface area contributed by atoms with Gasteiger partial charge < -0.3 is 10.3 Å². The van der Waals surface area contributed by atoms with E-state index < -0.39 is 0 Å². The zero-order chi connectivity index (χ0) is 13.1. The first kappa shape index (κ1) is 12.2. The van der Waals surface area contributed by atoms with Gasteiger partial charge in [0.1, 0.15) is 12.0 Å². The molecule has 1 fully saturated rings. The molecule has 2 aromatic heterocycles. The molecule has 1 saturated carbocycles. The maximum Gasteiger partial charge on any atom is 0.227 e. The van der Waals surface area contributed by atoms with Gasteiger partial charge >= 0.3 is 0 Å². The molecule has 0 spiro atoms. The van der Waals surface area contributed by atoms with Crippen LogP contribution in [0.5, 0.6) is 0 Å². The summed E-state index contributed by atoms with van der Waals surface area (Å²) in [6.45, 7) is 0. The van der Waals surface area contributed by atoms with E-state index >= 15 is 0 Å². The summed E-state index contributed by atoms with van der Waals surface area (Å²) >= 11 is 0. The minimum Gasteiger partial charge on any atom is -0.339 e. The Morgan fingerprint density at radius 3 is 3.00 bits per heavy atom. The van der Waals surface area contributed by atoms with Gasteiger partial charge in [-0.15, -0.1) is 0 Å². The van der Waals surface area contributed by atoms with Gasteiger partial charge in [0.15, 0.2) is 0 Å². The summed E-state index contributed by atoms with van der Waals surface area (Å²) in [4.78, 5) is 12.4. The van der Waals surface area contributed by atoms with Gasteiger partial charge in [-0.05, 0) is 24.8 Å². The molecule has 1 aliphatic carbocycles. The zero-order valence-electron chi connectivity index (χ0n) is 10.7. The lowest BCUT2D eigenvalue weighted by Gasteiger charge is -2.27. The van der Waals surface area contributed by atoms with E-state index in [4.69, 9.17) is 10.3 Å². The van der Waals surface area contributed by atoms with Crippen LogP contribution < -0.4 is 5.73 Å². The molecule has 0 radical (unpaired) electrons. The molecule has 0 amide bonds. The van der Waals surface area contributed by atoms with Gasteiger partial charge in [0.05, 0.1) is 0 Å². The molecule has 100 valence electrons. The predicted octanol–water partition coefficient (Wildman–Crippen LogP) is 1.59. The Labute approximate surface area is 111 Å². The fraction of sp³-hybridized carbons (Fsp3) is 0.538. The highest BCUT2D eigenvalue weighted by molar-refractivity contribution is 5.46. The van der Waals surface area contributed by atoms with Crippen LogP contribution in [0.2, 0.25) is 0 Å². The molecule has 6 heteroatoms. The Bertz CT molecular complexity index is 527. The molecular formula is C13H17N5O. The van der Waals surface area contributed by atoms with Gasteiger partial charge in [-0.25, -0.2) is 9.97 Å². The molecule has 0 bridgehead atoms. The van der Waals surface area contributed by atoms with Gasteiger partial charge in [0, 0.05) is 18.7 Å². The van der Waals surface area contributed by atoms with Gasteiger partial charge in [0.25, 0.3) is 0 Å². The topological polar surface area (TPSA) is 90.7 Å². The number of nitrogens with two attached hydrogens (primary N) is 1. The van der Waals surface area contributed by atoms with Crippen LogP contribution in [-0.2, 0) is 6.42 Å². The van der Waals surface area contributed by atoms with Crippen LogP contribution in [-0.4, -0.2) is 26.2 Å². The summed E-state index contributed by atoms with van der Waals surface area (Å²) < 4.78 is 5.29. The van der Waals surface area contributed by atoms with Crippen molar-refractivity contribution in [2.75, 3.05) is 0 Å². The number of hydrogen-bond donors (Lipinski definition) is 1. The van der Waals surface area contributed by atoms with Gasteiger partial charge in [-0.3, -0.25) is 0 Å². The highest BCUT2D eigenvalue weighted by Gasteiger charge is 2.24. The largest absolute Gasteiger partial charge is 0.339 e. The first-order valence-corrected chi connectivity index (χ1v) is 6.67.